The van der Waals surface area contributed by atoms with Crippen LogP contribution in [0.2, 0.25) is 0 Å². The van der Waals surface area contributed by atoms with E-state index in [1.54, 1.807) is 11.0 Å². The van der Waals surface area contributed by atoms with Crippen molar-refractivity contribution >= 4 is 5.91 Å². The summed E-state index contributed by atoms with van der Waals surface area (Å²) in [5, 5.41) is 0. The second-order valence-corrected chi connectivity index (χ2v) is 6.77. The van der Waals surface area contributed by atoms with Crippen LogP contribution in [0.5, 0.6) is 5.75 Å². The molecule has 2 N–H and O–H groups in total. The van der Waals surface area contributed by atoms with Gasteiger partial charge in [-0.3, -0.25) is 4.79 Å². The third kappa shape index (κ3) is 5.21. The van der Waals surface area contributed by atoms with Gasteiger partial charge in [-0.25, -0.2) is 0 Å². The average molecular weight is 374 g/mol. The molecule has 3 rings (SSSR count). The van der Waals surface area contributed by atoms with Crippen LogP contribution in [0, 0.1) is 6.92 Å². The van der Waals surface area contributed by atoms with Gasteiger partial charge in [-0.2, -0.15) is 0 Å². The number of carbonyl (C=O) groups excluding carboxylic acids is 1. The van der Waals surface area contributed by atoms with Crippen molar-refractivity contribution in [2.24, 2.45) is 5.73 Å². The van der Waals surface area contributed by atoms with Crippen LogP contribution >= 0.6 is 0 Å². The Labute approximate surface area is 166 Å². The summed E-state index contributed by atoms with van der Waals surface area (Å²) < 4.78 is 5.96. The van der Waals surface area contributed by atoms with Gasteiger partial charge in [0.05, 0.1) is 5.56 Å². The summed E-state index contributed by atoms with van der Waals surface area (Å²) in [6.45, 7) is 3.88. The summed E-state index contributed by atoms with van der Waals surface area (Å²) in [6.07, 6.45) is 0. The Kier molecular flexibility index (Phi) is 6.82. The number of carbonyl (C=O) groups is 1. The van der Waals surface area contributed by atoms with Crippen LogP contribution in [0.1, 0.15) is 27.0 Å². The number of hydrogen-bond donors (Lipinski definition) is 1. The summed E-state index contributed by atoms with van der Waals surface area (Å²) in [5.74, 6) is 0.511. The van der Waals surface area contributed by atoms with Crippen molar-refractivity contribution in [2.45, 2.75) is 20.1 Å². The molecule has 0 aromatic heterocycles. The Balaban J connectivity index is 1.77. The predicted molar refractivity (Wildman–Crippen MR) is 112 cm³/mol. The fourth-order valence-electron chi connectivity index (χ4n) is 3.00. The second kappa shape index (κ2) is 9.72. The smallest absolute Gasteiger partial charge is 0.257 e. The first-order valence-corrected chi connectivity index (χ1v) is 9.48. The van der Waals surface area contributed by atoms with Gasteiger partial charge in [-0.15, -0.1) is 0 Å². The standard InChI is InChI=1S/C24H26N2O2/c1-19-11-13-20(14-12-19)17-26(16-15-25)24(27)22-9-5-6-10-23(22)28-18-21-7-3-2-4-8-21/h2-14H,15-18,25H2,1H3. The molecule has 0 radical (unpaired) electrons. The van der Waals surface area contributed by atoms with Crippen molar-refractivity contribution in [1.29, 1.82) is 0 Å². The fourth-order valence-corrected chi connectivity index (χ4v) is 3.00. The monoisotopic (exact) mass is 374 g/mol. The van der Waals surface area contributed by atoms with Gasteiger partial charge in [0, 0.05) is 19.6 Å². The maximum Gasteiger partial charge on any atom is 0.257 e. The average Bonchev–Trinajstić information content (AvgIpc) is 2.74. The molecule has 0 bridgehead atoms. The van der Waals surface area contributed by atoms with Gasteiger partial charge in [0.25, 0.3) is 5.91 Å². The second-order valence-electron chi connectivity index (χ2n) is 6.77. The molecule has 3 aromatic carbocycles. The number of nitrogens with two attached hydrogens (primary N) is 1. The summed E-state index contributed by atoms with van der Waals surface area (Å²) in [6, 6.07) is 25.5. The minimum atomic E-state index is -0.0744. The maximum atomic E-state index is 13.2. The van der Waals surface area contributed by atoms with Gasteiger partial charge in [-0.05, 0) is 30.2 Å². The normalized spacial score (nSPS) is 10.5. The highest BCUT2D eigenvalue weighted by Crippen LogP contribution is 2.22. The van der Waals surface area contributed by atoms with Crippen LogP contribution in [0.15, 0.2) is 78.9 Å². The molecular weight excluding hydrogens is 348 g/mol. The van der Waals surface area contributed by atoms with Gasteiger partial charge >= 0.3 is 0 Å². The molecule has 4 nitrogen and oxygen atoms in total. The largest absolute Gasteiger partial charge is 0.488 e. The minimum absolute atomic E-state index is 0.0744. The van der Waals surface area contributed by atoms with Gasteiger partial charge < -0.3 is 15.4 Å². The summed E-state index contributed by atoms with van der Waals surface area (Å²) >= 11 is 0. The topological polar surface area (TPSA) is 55.6 Å². The number of ether oxygens (including phenoxy) is 1. The number of aryl methyl sites for hydroxylation is 1. The number of amides is 1. The predicted octanol–water partition coefficient (Wildman–Crippen LogP) is 4.18. The highest BCUT2D eigenvalue weighted by atomic mass is 16.5. The summed E-state index contributed by atoms with van der Waals surface area (Å²) in [5.41, 5.74) is 9.66. The molecule has 0 heterocycles. The molecule has 1 amide bonds. The summed E-state index contributed by atoms with van der Waals surface area (Å²) in [7, 11) is 0. The third-order valence-corrected chi connectivity index (χ3v) is 4.53. The molecule has 0 aliphatic carbocycles. The first kappa shape index (κ1) is 19.6. The van der Waals surface area contributed by atoms with Gasteiger partial charge in [0.1, 0.15) is 12.4 Å². The Bertz CT molecular complexity index is 892. The molecule has 0 aliphatic heterocycles. The molecule has 144 valence electrons. The van der Waals surface area contributed by atoms with Crippen LogP contribution in [0.4, 0.5) is 0 Å². The quantitative estimate of drug-likeness (QED) is 0.644. The van der Waals surface area contributed by atoms with E-state index in [0.717, 1.165) is 11.1 Å². The number of nitrogens with zero attached hydrogens (tertiary/aromatic N) is 1. The number of hydrogen-bond acceptors (Lipinski definition) is 3. The van der Waals surface area contributed by atoms with E-state index in [2.05, 4.69) is 12.1 Å². The third-order valence-electron chi connectivity index (χ3n) is 4.53. The Morgan fingerprint density at radius 2 is 1.57 bits per heavy atom. The zero-order chi connectivity index (χ0) is 19.8. The molecular formula is C24H26N2O2. The fraction of sp³-hybridized carbons (Fsp3) is 0.208. The lowest BCUT2D eigenvalue weighted by Gasteiger charge is -2.23. The van der Waals surface area contributed by atoms with Gasteiger partial charge in [0.15, 0.2) is 0 Å². The lowest BCUT2D eigenvalue weighted by molar-refractivity contribution is 0.0743. The molecule has 0 saturated carbocycles. The molecule has 0 saturated heterocycles. The van der Waals surface area contributed by atoms with E-state index < -0.39 is 0 Å². The van der Waals surface area contributed by atoms with Crippen LogP contribution in [0.25, 0.3) is 0 Å². The first-order chi connectivity index (χ1) is 13.7. The summed E-state index contributed by atoms with van der Waals surface area (Å²) in [4.78, 5) is 15.0. The van der Waals surface area contributed by atoms with E-state index in [-0.39, 0.29) is 5.91 Å². The van der Waals surface area contributed by atoms with Crippen molar-refractivity contribution in [3.05, 3.63) is 101 Å². The van der Waals surface area contributed by atoms with Crippen molar-refractivity contribution in [3.63, 3.8) is 0 Å². The SMILES string of the molecule is Cc1ccc(CN(CCN)C(=O)c2ccccc2OCc2ccccc2)cc1. The molecule has 0 atom stereocenters. The first-order valence-electron chi connectivity index (χ1n) is 9.48. The Hall–Kier alpha value is -3.11. The molecule has 0 aliphatic rings. The number of benzene rings is 3. The molecule has 3 aromatic rings. The maximum absolute atomic E-state index is 13.2. The van der Waals surface area contributed by atoms with Gasteiger partial charge in [0.2, 0.25) is 0 Å². The zero-order valence-electron chi connectivity index (χ0n) is 16.2. The van der Waals surface area contributed by atoms with Crippen LogP contribution < -0.4 is 10.5 Å². The molecule has 4 heteroatoms. The van der Waals surface area contributed by atoms with E-state index >= 15 is 0 Å². The van der Waals surface area contributed by atoms with Crippen molar-refractivity contribution in [1.82, 2.24) is 4.90 Å². The Morgan fingerprint density at radius 3 is 2.29 bits per heavy atom. The number of rotatable bonds is 8. The molecule has 0 unspecified atom stereocenters. The minimum Gasteiger partial charge on any atom is -0.488 e. The zero-order valence-corrected chi connectivity index (χ0v) is 16.2. The lowest BCUT2D eigenvalue weighted by atomic mass is 10.1. The lowest BCUT2D eigenvalue weighted by Crippen LogP contribution is -2.35. The van der Waals surface area contributed by atoms with Crippen molar-refractivity contribution < 1.29 is 9.53 Å². The van der Waals surface area contributed by atoms with E-state index in [9.17, 15) is 4.79 Å². The van der Waals surface area contributed by atoms with E-state index in [1.165, 1.54) is 5.56 Å². The van der Waals surface area contributed by atoms with Crippen LogP contribution in [-0.2, 0) is 13.2 Å². The van der Waals surface area contributed by atoms with E-state index in [4.69, 9.17) is 10.5 Å². The van der Waals surface area contributed by atoms with Crippen molar-refractivity contribution in [2.75, 3.05) is 13.1 Å². The number of para-hydroxylation sites is 1. The highest BCUT2D eigenvalue weighted by Gasteiger charge is 2.19. The Morgan fingerprint density at radius 1 is 0.893 bits per heavy atom. The molecule has 0 spiro atoms. The van der Waals surface area contributed by atoms with Crippen LogP contribution in [0.3, 0.4) is 0 Å². The van der Waals surface area contributed by atoms with E-state index in [1.807, 2.05) is 67.6 Å². The molecule has 0 fully saturated rings. The highest BCUT2D eigenvalue weighted by molar-refractivity contribution is 5.97. The van der Waals surface area contributed by atoms with Gasteiger partial charge in [-0.1, -0.05) is 72.3 Å². The molecule has 28 heavy (non-hydrogen) atoms. The van der Waals surface area contributed by atoms with Crippen LogP contribution in [-0.4, -0.2) is 23.9 Å². The van der Waals surface area contributed by atoms with E-state index in [0.29, 0.717) is 37.6 Å². The van der Waals surface area contributed by atoms with Crippen molar-refractivity contribution in [3.8, 4) is 5.75 Å².